The Kier molecular flexibility index (Phi) is 2.73. The van der Waals surface area contributed by atoms with Gasteiger partial charge in [-0.3, -0.25) is 4.79 Å². The van der Waals surface area contributed by atoms with Gasteiger partial charge in [-0.2, -0.15) is 0 Å². The van der Waals surface area contributed by atoms with Crippen LogP contribution in [0.1, 0.15) is 6.92 Å². The van der Waals surface area contributed by atoms with E-state index in [-0.39, 0.29) is 5.56 Å². The minimum Gasteiger partial charge on any atom is -0.497 e. The SMILES string of the molecule is CCn1c(=O)c2c3ccccc3oc2c2ccc(OC)cc21. The number of aryl methyl sites for hydroxylation is 1. The lowest BCUT2D eigenvalue weighted by atomic mass is 10.1. The Morgan fingerprint density at radius 1 is 1.14 bits per heavy atom. The number of nitrogens with zero attached hydrogens (tertiary/aromatic N) is 1. The lowest BCUT2D eigenvalue weighted by molar-refractivity contribution is 0.415. The fraction of sp³-hybridized carbons (Fsp3) is 0.167. The molecule has 110 valence electrons. The van der Waals surface area contributed by atoms with Gasteiger partial charge in [0.05, 0.1) is 18.0 Å². The number of hydrogen-bond acceptors (Lipinski definition) is 3. The van der Waals surface area contributed by atoms with Gasteiger partial charge in [0.15, 0.2) is 0 Å². The highest BCUT2D eigenvalue weighted by Gasteiger charge is 2.17. The first-order chi connectivity index (χ1) is 10.7. The average molecular weight is 293 g/mol. The van der Waals surface area contributed by atoms with E-state index in [1.54, 1.807) is 11.7 Å². The molecule has 0 fully saturated rings. The molecule has 2 aromatic carbocycles. The molecule has 4 nitrogen and oxygen atoms in total. The molecular weight excluding hydrogens is 278 g/mol. The van der Waals surface area contributed by atoms with Gasteiger partial charge in [0, 0.05) is 23.4 Å². The van der Waals surface area contributed by atoms with Crippen LogP contribution in [0.25, 0.3) is 32.8 Å². The zero-order chi connectivity index (χ0) is 15.3. The molecule has 4 rings (SSSR count). The maximum absolute atomic E-state index is 12.9. The molecule has 0 aliphatic rings. The zero-order valence-electron chi connectivity index (χ0n) is 12.4. The zero-order valence-corrected chi connectivity index (χ0v) is 12.4. The van der Waals surface area contributed by atoms with Gasteiger partial charge < -0.3 is 13.7 Å². The molecule has 0 aliphatic heterocycles. The number of para-hydroxylation sites is 1. The molecule has 0 aliphatic carbocycles. The number of methoxy groups -OCH3 is 1. The van der Waals surface area contributed by atoms with E-state index in [9.17, 15) is 4.79 Å². The quantitative estimate of drug-likeness (QED) is 0.562. The third-order valence-electron chi connectivity index (χ3n) is 4.11. The summed E-state index contributed by atoms with van der Waals surface area (Å²) in [6.45, 7) is 2.56. The fourth-order valence-electron chi connectivity index (χ4n) is 3.06. The molecule has 0 N–H and O–H groups in total. The number of furan rings is 1. The normalized spacial score (nSPS) is 11.5. The number of rotatable bonds is 2. The molecule has 0 amide bonds. The van der Waals surface area contributed by atoms with Crippen LogP contribution in [0.5, 0.6) is 5.75 Å². The van der Waals surface area contributed by atoms with Crippen LogP contribution in [0, 0.1) is 0 Å². The maximum atomic E-state index is 12.9. The Balaban J connectivity index is 2.32. The summed E-state index contributed by atoms with van der Waals surface area (Å²) in [6, 6.07) is 13.4. The van der Waals surface area contributed by atoms with Gasteiger partial charge in [0.25, 0.3) is 5.56 Å². The lowest BCUT2D eigenvalue weighted by Gasteiger charge is -2.10. The van der Waals surface area contributed by atoms with Crippen LogP contribution >= 0.6 is 0 Å². The van der Waals surface area contributed by atoms with Crippen molar-refractivity contribution < 1.29 is 9.15 Å². The van der Waals surface area contributed by atoms with Crippen LogP contribution in [0.2, 0.25) is 0 Å². The van der Waals surface area contributed by atoms with Gasteiger partial charge in [0.2, 0.25) is 0 Å². The molecule has 4 heteroatoms. The topological polar surface area (TPSA) is 44.4 Å². The number of pyridine rings is 1. The van der Waals surface area contributed by atoms with Gasteiger partial charge >= 0.3 is 0 Å². The molecule has 0 atom stereocenters. The molecule has 0 bridgehead atoms. The predicted octanol–water partition coefficient (Wildman–Crippen LogP) is 3.93. The van der Waals surface area contributed by atoms with Crippen molar-refractivity contribution in [2.24, 2.45) is 0 Å². The van der Waals surface area contributed by atoms with Crippen LogP contribution in [-0.4, -0.2) is 11.7 Å². The molecule has 0 saturated heterocycles. The van der Waals surface area contributed by atoms with Crippen molar-refractivity contribution in [2.75, 3.05) is 7.11 Å². The largest absolute Gasteiger partial charge is 0.497 e. The number of aromatic nitrogens is 1. The van der Waals surface area contributed by atoms with Crippen LogP contribution in [-0.2, 0) is 6.54 Å². The van der Waals surface area contributed by atoms with E-state index in [0.717, 1.165) is 27.6 Å². The van der Waals surface area contributed by atoms with Crippen LogP contribution < -0.4 is 10.3 Å². The third kappa shape index (κ3) is 1.61. The summed E-state index contributed by atoms with van der Waals surface area (Å²) in [5, 5.41) is 2.44. The highest BCUT2D eigenvalue weighted by molar-refractivity contribution is 6.13. The predicted molar refractivity (Wildman–Crippen MR) is 87.7 cm³/mol. The molecule has 0 spiro atoms. The van der Waals surface area contributed by atoms with E-state index in [1.165, 1.54) is 0 Å². The van der Waals surface area contributed by atoms with E-state index in [0.29, 0.717) is 17.5 Å². The van der Waals surface area contributed by atoms with Gasteiger partial charge in [-0.25, -0.2) is 0 Å². The van der Waals surface area contributed by atoms with Crippen LogP contribution in [0.4, 0.5) is 0 Å². The van der Waals surface area contributed by atoms with E-state index in [2.05, 4.69) is 0 Å². The van der Waals surface area contributed by atoms with Crippen molar-refractivity contribution in [3.63, 3.8) is 0 Å². The van der Waals surface area contributed by atoms with Crippen LogP contribution in [0.15, 0.2) is 51.7 Å². The summed E-state index contributed by atoms with van der Waals surface area (Å²) in [4.78, 5) is 12.9. The first-order valence-electron chi connectivity index (χ1n) is 7.26. The van der Waals surface area contributed by atoms with Crippen molar-refractivity contribution in [3.8, 4) is 5.75 Å². The summed E-state index contributed by atoms with van der Waals surface area (Å²) in [5.41, 5.74) is 2.19. The smallest absolute Gasteiger partial charge is 0.262 e. The molecule has 0 saturated carbocycles. The van der Waals surface area contributed by atoms with E-state index in [1.807, 2.05) is 49.4 Å². The Morgan fingerprint density at radius 3 is 2.73 bits per heavy atom. The Labute approximate surface area is 126 Å². The Hall–Kier alpha value is -2.75. The van der Waals surface area contributed by atoms with E-state index in [4.69, 9.17) is 9.15 Å². The summed E-state index contributed by atoms with van der Waals surface area (Å²) in [7, 11) is 1.62. The molecule has 2 aromatic heterocycles. The molecule has 2 heterocycles. The second-order valence-corrected chi connectivity index (χ2v) is 5.23. The highest BCUT2D eigenvalue weighted by Crippen LogP contribution is 2.32. The Morgan fingerprint density at radius 2 is 1.95 bits per heavy atom. The minimum absolute atomic E-state index is 0.0248. The van der Waals surface area contributed by atoms with E-state index < -0.39 is 0 Å². The number of benzene rings is 2. The van der Waals surface area contributed by atoms with Crippen LogP contribution in [0.3, 0.4) is 0 Å². The fourth-order valence-corrected chi connectivity index (χ4v) is 3.06. The molecule has 0 radical (unpaired) electrons. The monoisotopic (exact) mass is 293 g/mol. The number of hydrogen-bond donors (Lipinski definition) is 0. The van der Waals surface area contributed by atoms with Crippen molar-refractivity contribution >= 4 is 32.8 Å². The van der Waals surface area contributed by atoms with E-state index >= 15 is 0 Å². The summed E-state index contributed by atoms with van der Waals surface area (Å²) < 4.78 is 13.0. The lowest BCUT2D eigenvalue weighted by Crippen LogP contribution is -2.19. The standard InChI is InChI=1S/C18H15NO3/c1-3-19-14-10-11(21-2)8-9-12(14)17-16(18(19)20)13-6-4-5-7-15(13)22-17/h4-10H,3H2,1-2H3. The Bertz CT molecular complexity index is 1070. The van der Waals surface area contributed by atoms with Gasteiger partial charge in [-0.1, -0.05) is 18.2 Å². The minimum atomic E-state index is -0.0248. The average Bonchev–Trinajstić information content (AvgIpc) is 2.94. The second kappa shape index (κ2) is 4.63. The van der Waals surface area contributed by atoms with Crippen molar-refractivity contribution in [2.45, 2.75) is 13.5 Å². The highest BCUT2D eigenvalue weighted by atomic mass is 16.5. The summed E-state index contributed by atoms with van der Waals surface area (Å²) >= 11 is 0. The molecule has 0 unspecified atom stereocenters. The molecule has 4 aromatic rings. The maximum Gasteiger partial charge on any atom is 0.262 e. The second-order valence-electron chi connectivity index (χ2n) is 5.23. The summed E-state index contributed by atoms with van der Waals surface area (Å²) in [5.74, 6) is 0.726. The number of fused-ring (bicyclic) bond motifs is 5. The molecular formula is C18H15NO3. The van der Waals surface area contributed by atoms with Gasteiger partial charge in [0.1, 0.15) is 16.9 Å². The number of ether oxygens (including phenoxy) is 1. The van der Waals surface area contributed by atoms with Crippen molar-refractivity contribution in [1.29, 1.82) is 0 Å². The third-order valence-corrected chi connectivity index (χ3v) is 4.11. The molecule has 22 heavy (non-hydrogen) atoms. The first-order valence-corrected chi connectivity index (χ1v) is 7.26. The van der Waals surface area contributed by atoms with Gasteiger partial charge in [-0.15, -0.1) is 0 Å². The van der Waals surface area contributed by atoms with Crippen molar-refractivity contribution in [3.05, 3.63) is 52.8 Å². The van der Waals surface area contributed by atoms with Crippen molar-refractivity contribution in [1.82, 2.24) is 4.57 Å². The summed E-state index contributed by atoms with van der Waals surface area (Å²) in [6.07, 6.45) is 0. The first kappa shape index (κ1) is 13.0. The van der Waals surface area contributed by atoms with Gasteiger partial charge in [-0.05, 0) is 25.1 Å².